The SMILES string of the molecule is CCn1cnc2c(NNCCc3ccc(C)cc3)ncnc21. The summed E-state index contributed by atoms with van der Waals surface area (Å²) in [6, 6.07) is 8.58. The number of hydrogen-bond donors (Lipinski definition) is 2. The lowest BCUT2D eigenvalue weighted by Crippen LogP contribution is -2.25. The van der Waals surface area contributed by atoms with E-state index >= 15 is 0 Å². The molecule has 0 aliphatic rings. The standard InChI is InChI=1S/C16H20N6/c1-3-22-11-19-14-15(17-10-18-16(14)22)21-20-9-8-13-6-4-12(2)5-7-13/h4-7,10-11,20H,3,8-9H2,1-2H3,(H,17,18,21). The molecule has 0 atom stereocenters. The van der Waals surface area contributed by atoms with Crippen molar-refractivity contribution in [3.8, 4) is 0 Å². The van der Waals surface area contributed by atoms with Gasteiger partial charge in [0.05, 0.1) is 6.33 Å². The Morgan fingerprint density at radius 3 is 2.68 bits per heavy atom. The lowest BCUT2D eigenvalue weighted by Gasteiger charge is -2.08. The van der Waals surface area contributed by atoms with E-state index in [1.807, 2.05) is 4.57 Å². The van der Waals surface area contributed by atoms with E-state index in [-0.39, 0.29) is 0 Å². The Morgan fingerprint density at radius 2 is 1.91 bits per heavy atom. The highest BCUT2D eigenvalue weighted by atomic mass is 15.4. The van der Waals surface area contributed by atoms with E-state index in [0.29, 0.717) is 5.82 Å². The summed E-state index contributed by atoms with van der Waals surface area (Å²) in [5.74, 6) is 0.709. The zero-order chi connectivity index (χ0) is 15.4. The molecule has 0 bridgehead atoms. The molecule has 2 N–H and O–H groups in total. The fraction of sp³-hybridized carbons (Fsp3) is 0.312. The van der Waals surface area contributed by atoms with Gasteiger partial charge in [-0.3, -0.25) is 0 Å². The topological polar surface area (TPSA) is 67.7 Å². The third-order valence-electron chi connectivity index (χ3n) is 3.61. The molecule has 0 radical (unpaired) electrons. The fourth-order valence-corrected chi connectivity index (χ4v) is 2.31. The molecule has 0 aliphatic heterocycles. The van der Waals surface area contributed by atoms with Gasteiger partial charge in [0.1, 0.15) is 6.33 Å². The smallest absolute Gasteiger partial charge is 0.171 e. The van der Waals surface area contributed by atoms with Crippen LogP contribution in [0.4, 0.5) is 5.82 Å². The minimum Gasteiger partial charge on any atom is -0.315 e. The summed E-state index contributed by atoms with van der Waals surface area (Å²) in [6.07, 6.45) is 4.29. The zero-order valence-corrected chi connectivity index (χ0v) is 12.9. The minimum absolute atomic E-state index is 0.709. The maximum Gasteiger partial charge on any atom is 0.171 e. The molecular formula is C16H20N6. The highest BCUT2D eigenvalue weighted by Gasteiger charge is 2.08. The first-order chi connectivity index (χ1) is 10.8. The van der Waals surface area contributed by atoms with Crippen LogP contribution in [0.2, 0.25) is 0 Å². The highest BCUT2D eigenvalue weighted by Crippen LogP contribution is 2.16. The van der Waals surface area contributed by atoms with Crippen molar-refractivity contribution >= 4 is 17.0 Å². The van der Waals surface area contributed by atoms with Gasteiger partial charge < -0.3 is 9.99 Å². The first kappa shape index (κ1) is 14.5. The van der Waals surface area contributed by atoms with Crippen LogP contribution in [0.15, 0.2) is 36.9 Å². The lowest BCUT2D eigenvalue weighted by atomic mass is 10.1. The molecule has 0 saturated heterocycles. The number of hydrazine groups is 1. The summed E-state index contributed by atoms with van der Waals surface area (Å²) in [7, 11) is 0. The van der Waals surface area contributed by atoms with Gasteiger partial charge in [0.2, 0.25) is 0 Å². The first-order valence-electron chi connectivity index (χ1n) is 7.48. The minimum atomic E-state index is 0.709. The third-order valence-corrected chi connectivity index (χ3v) is 3.61. The summed E-state index contributed by atoms with van der Waals surface area (Å²) >= 11 is 0. The number of imidazole rings is 1. The molecule has 1 aromatic carbocycles. The van der Waals surface area contributed by atoms with Gasteiger partial charge in [0, 0.05) is 13.1 Å². The van der Waals surface area contributed by atoms with Crippen LogP contribution in [-0.2, 0) is 13.0 Å². The van der Waals surface area contributed by atoms with Gasteiger partial charge in [0.15, 0.2) is 17.0 Å². The first-order valence-corrected chi connectivity index (χ1v) is 7.48. The van der Waals surface area contributed by atoms with Crippen LogP contribution in [0.25, 0.3) is 11.2 Å². The Balaban J connectivity index is 1.60. The van der Waals surface area contributed by atoms with E-state index in [9.17, 15) is 0 Å². The molecule has 114 valence electrons. The van der Waals surface area contributed by atoms with Crippen molar-refractivity contribution < 1.29 is 0 Å². The molecular weight excluding hydrogens is 276 g/mol. The van der Waals surface area contributed by atoms with Crippen molar-refractivity contribution in [1.82, 2.24) is 24.9 Å². The number of nitrogens with one attached hydrogen (secondary N) is 2. The van der Waals surface area contributed by atoms with E-state index in [1.165, 1.54) is 11.1 Å². The second-order valence-electron chi connectivity index (χ2n) is 5.21. The summed E-state index contributed by atoms with van der Waals surface area (Å²) in [5.41, 5.74) is 10.5. The maximum atomic E-state index is 4.37. The van der Waals surface area contributed by atoms with Gasteiger partial charge in [-0.25, -0.2) is 20.4 Å². The van der Waals surface area contributed by atoms with Crippen molar-refractivity contribution in [2.45, 2.75) is 26.8 Å². The van der Waals surface area contributed by atoms with Crippen LogP contribution in [0.1, 0.15) is 18.1 Å². The van der Waals surface area contributed by atoms with Crippen LogP contribution in [-0.4, -0.2) is 26.1 Å². The van der Waals surface area contributed by atoms with E-state index in [0.717, 1.165) is 30.7 Å². The van der Waals surface area contributed by atoms with Gasteiger partial charge in [-0.05, 0) is 25.8 Å². The molecule has 0 amide bonds. The molecule has 0 fully saturated rings. The average Bonchev–Trinajstić information content (AvgIpc) is 2.97. The number of anilines is 1. The quantitative estimate of drug-likeness (QED) is 0.540. The second kappa shape index (κ2) is 6.53. The summed E-state index contributed by atoms with van der Waals surface area (Å²) in [6.45, 7) is 5.81. The number of fused-ring (bicyclic) bond motifs is 1. The van der Waals surface area contributed by atoms with E-state index in [1.54, 1.807) is 12.7 Å². The Labute approximate surface area is 129 Å². The van der Waals surface area contributed by atoms with Crippen molar-refractivity contribution in [2.24, 2.45) is 0 Å². The Morgan fingerprint density at radius 1 is 1.09 bits per heavy atom. The monoisotopic (exact) mass is 296 g/mol. The fourth-order valence-electron chi connectivity index (χ4n) is 2.31. The molecule has 0 aliphatic carbocycles. The van der Waals surface area contributed by atoms with Gasteiger partial charge in [-0.15, -0.1) is 0 Å². The van der Waals surface area contributed by atoms with Crippen molar-refractivity contribution in [2.75, 3.05) is 12.0 Å². The lowest BCUT2D eigenvalue weighted by molar-refractivity contribution is 0.771. The number of aromatic nitrogens is 4. The molecule has 3 aromatic rings. The van der Waals surface area contributed by atoms with Crippen molar-refractivity contribution in [3.63, 3.8) is 0 Å². The molecule has 2 heterocycles. The maximum absolute atomic E-state index is 4.37. The molecule has 6 nitrogen and oxygen atoms in total. The molecule has 3 rings (SSSR count). The van der Waals surface area contributed by atoms with E-state index in [2.05, 4.69) is 63.9 Å². The highest BCUT2D eigenvalue weighted by molar-refractivity contribution is 5.82. The molecule has 6 heteroatoms. The number of aryl methyl sites for hydroxylation is 2. The number of hydrogen-bond acceptors (Lipinski definition) is 5. The van der Waals surface area contributed by atoms with Gasteiger partial charge in [-0.1, -0.05) is 29.8 Å². The predicted molar refractivity (Wildman–Crippen MR) is 87.5 cm³/mol. The van der Waals surface area contributed by atoms with Crippen molar-refractivity contribution in [1.29, 1.82) is 0 Å². The molecule has 0 spiro atoms. The molecule has 0 unspecified atom stereocenters. The number of benzene rings is 1. The van der Waals surface area contributed by atoms with E-state index < -0.39 is 0 Å². The van der Waals surface area contributed by atoms with Gasteiger partial charge in [-0.2, -0.15) is 0 Å². The van der Waals surface area contributed by atoms with Gasteiger partial charge >= 0.3 is 0 Å². The van der Waals surface area contributed by atoms with Crippen molar-refractivity contribution in [3.05, 3.63) is 48.0 Å². The van der Waals surface area contributed by atoms with E-state index in [4.69, 9.17) is 0 Å². The van der Waals surface area contributed by atoms with Crippen LogP contribution >= 0.6 is 0 Å². The normalized spacial score (nSPS) is 11.0. The largest absolute Gasteiger partial charge is 0.315 e. The van der Waals surface area contributed by atoms with Crippen LogP contribution in [0.5, 0.6) is 0 Å². The third kappa shape index (κ3) is 3.07. The Hall–Kier alpha value is -2.47. The van der Waals surface area contributed by atoms with Crippen LogP contribution in [0, 0.1) is 6.92 Å². The molecule has 22 heavy (non-hydrogen) atoms. The number of nitrogens with zero attached hydrogens (tertiary/aromatic N) is 4. The summed E-state index contributed by atoms with van der Waals surface area (Å²) in [4.78, 5) is 12.9. The Bertz CT molecular complexity index is 747. The average molecular weight is 296 g/mol. The zero-order valence-electron chi connectivity index (χ0n) is 12.9. The summed E-state index contributed by atoms with van der Waals surface area (Å²) < 4.78 is 1.99. The van der Waals surface area contributed by atoms with Crippen LogP contribution in [0.3, 0.4) is 0 Å². The predicted octanol–water partition coefficient (Wildman–Crippen LogP) is 2.31. The molecule has 0 saturated carbocycles. The van der Waals surface area contributed by atoms with Gasteiger partial charge in [0.25, 0.3) is 0 Å². The second-order valence-corrected chi connectivity index (χ2v) is 5.21. The Kier molecular flexibility index (Phi) is 4.29. The summed E-state index contributed by atoms with van der Waals surface area (Å²) in [5, 5.41) is 0. The molecule has 2 aromatic heterocycles. The van der Waals surface area contributed by atoms with Crippen LogP contribution < -0.4 is 10.9 Å². The number of rotatable bonds is 6.